The molecule has 44 heteroatoms. The van der Waals surface area contributed by atoms with Gasteiger partial charge in [-0.3, -0.25) is 9.59 Å². The molecule has 1 aromatic rings. The summed E-state index contributed by atoms with van der Waals surface area (Å²) in [5, 5.41) is 25.1. The molecule has 2 aliphatic carbocycles. The van der Waals surface area contributed by atoms with Gasteiger partial charge >= 0.3 is 29.8 Å². The van der Waals surface area contributed by atoms with Crippen molar-refractivity contribution in [2.45, 2.75) is 312 Å². The highest BCUT2D eigenvalue weighted by atomic mass is 79.9. The number of halogens is 9. The van der Waals surface area contributed by atoms with Crippen LogP contribution in [0.2, 0.25) is 0 Å². The third kappa shape index (κ3) is 95.6. The van der Waals surface area contributed by atoms with Crippen LogP contribution in [0.4, 0.5) is 5.69 Å². The van der Waals surface area contributed by atoms with Crippen molar-refractivity contribution in [3.8, 4) is 5.75 Å². The highest BCUT2D eigenvalue weighted by molar-refractivity contribution is 9.11. The summed E-state index contributed by atoms with van der Waals surface area (Å²) in [6, 6.07) is 7.14. The maximum atomic E-state index is 11.6. The predicted molar refractivity (Wildman–Crippen MR) is 582 cm³/mol. The second kappa shape index (κ2) is 76.3. The van der Waals surface area contributed by atoms with Gasteiger partial charge in [0.25, 0.3) is 5.91 Å². The molecule has 0 aliphatic heterocycles. The molecule has 143 heavy (non-hydrogen) atoms. The number of carbonyl (C=O) groups is 7. The fourth-order valence-electron chi connectivity index (χ4n) is 8.67. The van der Waals surface area contributed by atoms with Gasteiger partial charge in [-0.1, -0.05) is 195 Å². The van der Waals surface area contributed by atoms with Gasteiger partial charge in [-0.15, -0.1) is 6.58 Å². The SMILES string of the molecule is C=C(C)C(=O)NC1CCC(OOCC(C)(C)Br)CC1.C=C(C)C(=O)Nc1ccc(OOCC(C)(C)Br)cc1.C=C(C)C(=O)OC1CCC(COOCC(C)(C)Br)CC1O.C=C(C)C(=O)OCC(C)(COOCC(C)(C)Br)OOCC(C)(C)Br.C=C(C)C(=O)OCC(COOCC(C)(C)Br)OOCC(C)(C)Br.C=C(C)C(=O)OCC(O)COOCC(C)(C)Br.C=CCOCC(COC(=O)C(=C)C)OOCC(C)(C)Br. The van der Waals surface area contributed by atoms with Gasteiger partial charge in [0.2, 0.25) is 5.91 Å². The first-order valence-electron chi connectivity index (χ1n) is 45.8. The van der Waals surface area contributed by atoms with Crippen LogP contribution in [0.15, 0.2) is 122 Å². The zero-order valence-electron chi connectivity index (χ0n) is 88.5. The number of benzene rings is 1. The molecule has 0 radical (unpaired) electrons. The first kappa shape index (κ1) is 146. The lowest BCUT2D eigenvalue weighted by molar-refractivity contribution is -0.401. The van der Waals surface area contributed by atoms with Crippen molar-refractivity contribution in [2.75, 3.05) is 131 Å². The number of rotatable bonds is 62. The van der Waals surface area contributed by atoms with Crippen LogP contribution in [0.3, 0.4) is 0 Å². The number of aliphatic hydroxyl groups is 2. The number of esters is 5. The lowest BCUT2D eigenvalue weighted by Gasteiger charge is -2.32. The Bertz CT molecular complexity index is 3870. The second-order valence-electron chi connectivity index (χ2n) is 39.5. The highest BCUT2D eigenvalue weighted by Crippen LogP contribution is 2.31. The summed E-state index contributed by atoms with van der Waals surface area (Å²) in [5.74, 6) is -1.93. The monoisotopic (exact) mass is 2620 g/mol. The van der Waals surface area contributed by atoms with Crippen LogP contribution in [0, 0.1) is 5.92 Å². The molecule has 2 aliphatic rings. The summed E-state index contributed by atoms with van der Waals surface area (Å²) >= 11 is 30.9. The zero-order valence-corrected chi connectivity index (χ0v) is 103. The minimum atomic E-state index is -1.03. The molecular formula is C99H163Br9N2O33. The Kier molecular flexibility index (Phi) is 77.9. The molecule has 2 saturated carbocycles. The van der Waals surface area contributed by atoms with Crippen molar-refractivity contribution >= 4 is 191 Å². The molecule has 1 aromatic carbocycles. The van der Waals surface area contributed by atoms with E-state index in [0.717, 1.165) is 32.1 Å². The first-order chi connectivity index (χ1) is 65.4. The van der Waals surface area contributed by atoms with E-state index in [9.17, 15) is 43.8 Å². The standard InChI is InChI=1S/C16H28Br2O6.C15H26Br2O6.C15H25BrO5.C14H24BrNO3.C14H18BrNO3.C14H23BrO5.C11H19BrO5/c1-12(2)13(19)20-10-16(7,24-23-9-15(5,6)18)11-22-21-8-14(3,4)17;1-11(2)13(18)19-7-12(23-22-10-15(5,6)17)8-20-21-9-14(3,4)16;1-10(2)14(18)21-13-6-5-11(7-12(13)17)8-19-20-9-15(3,4)16;2*1-10(2)13(17)16-11-5-7-12(8-6-11)19-18-9-14(3,4)15;1-6-7-17-8-12(9-18-13(16)11(2)3)20-19-10-14(4,5)15;1-8(2)10(14)15-5-9(13)6-16-17-7-11(3,4)12/h1,8-11H2,2-7H3;12H,1,7-10H2,2-6H3;11-13,17H,1,5-9H2,2-4H3;11-12H,1,5-9H2,2-4H3,(H,16,17);5-8H,1,9H2,2-4H3,(H,16,17);6,12H,1-2,7-10H2,3-5H3;9,13H,1,5-7H2,2-4H3. The number of ether oxygens (including phenoxy) is 6. The smallest absolute Gasteiger partial charge is 0.333 e. The van der Waals surface area contributed by atoms with Crippen molar-refractivity contribution in [3.63, 3.8) is 0 Å². The van der Waals surface area contributed by atoms with E-state index in [1.54, 1.807) is 78.8 Å². The lowest BCUT2D eigenvalue weighted by atomic mass is 9.86. The van der Waals surface area contributed by atoms with Crippen LogP contribution in [0.5, 0.6) is 5.75 Å². The normalized spacial score (nSPS) is 16.6. The third-order valence-electron chi connectivity index (χ3n) is 16.2. The van der Waals surface area contributed by atoms with E-state index in [4.69, 9.17) is 116 Å². The van der Waals surface area contributed by atoms with E-state index >= 15 is 0 Å². The van der Waals surface area contributed by atoms with Crippen LogP contribution in [0.25, 0.3) is 0 Å². The van der Waals surface area contributed by atoms with Gasteiger partial charge in [0, 0.05) is 89.7 Å². The summed E-state index contributed by atoms with van der Waals surface area (Å²) in [4.78, 5) is 172. The third-order valence-corrected chi connectivity index (χ3v) is 18.2. The fourth-order valence-corrected chi connectivity index (χ4v) is 9.51. The summed E-state index contributed by atoms with van der Waals surface area (Å²) in [7, 11) is 0. The molecule has 3 rings (SSSR count). The largest absolute Gasteiger partial charge is 0.460 e. The number of aliphatic hydroxyl groups excluding tert-OH is 2. The van der Waals surface area contributed by atoms with Crippen molar-refractivity contribution < 1.29 is 160 Å². The average Bonchev–Trinajstić information content (AvgIpc) is 0.839. The van der Waals surface area contributed by atoms with Crippen LogP contribution in [-0.4, -0.2) is 265 Å². The topological polar surface area (TPSA) is 406 Å². The molecule has 0 heterocycles. The summed E-state index contributed by atoms with van der Waals surface area (Å²) < 4.78 is 28.8. The molecule has 0 saturated heterocycles. The first-order valence-corrected chi connectivity index (χ1v) is 52.9. The molecule has 2 amide bonds. The molecule has 0 bridgehead atoms. The van der Waals surface area contributed by atoms with Gasteiger partial charge in [0.15, 0.2) is 23.6 Å². The van der Waals surface area contributed by atoms with Crippen molar-refractivity contribution in [2.24, 2.45) is 5.92 Å². The molecule has 7 unspecified atom stereocenters. The average molecular weight is 2630 g/mol. The Labute approximate surface area is 925 Å². The van der Waals surface area contributed by atoms with Gasteiger partial charge in [-0.05, 0) is 255 Å². The second-order valence-corrected chi connectivity index (χ2v) is 58.8. The Hall–Kier alpha value is -3.25. The number of hydrogen-bond acceptors (Lipinski definition) is 33. The van der Waals surface area contributed by atoms with E-state index in [2.05, 4.69) is 207 Å². The molecule has 35 nitrogen and oxygen atoms in total. The van der Waals surface area contributed by atoms with Crippen LogP contribution < -0.4 is 15.5 Å². The number of alkyl halides is 9. The molecule has 830 valence electrons. The van der Waals surface area contributed by atoms with Gasteiger partial charge in [-0.2, -0.15) is 4.89 Å². The van der Waals surface area contributed by atoms with Crippen molar-refractivity contribution in [1.29, 1.82) is 0 Å². The Balaban J connectivity index is -0.000000790. The van der Waals surface area contributed by atoms with Gasteiger partial charge in [0.1, 0.15) is 65.1 Å². The van der Waals surface area contributed by atoms with Gasteiger partial charge in [-0.25, -0.2) is 102 Å². The maximum Gasteiger partial charge on any atom is 0.333 e. The Morgan fingerprint density at radius 3 is 1.16 bits per heavy atom. The number of amides is 2. The minimum absolute atomic E-state index is 0.0161. The van der Waals surface area contributed by atoms with Crippen molar-refractivity contribution in [3.05, 3.63) is 122 Å². The Morgan fingerprint density at radius 2 is 0.755 bits per heavy atom. The number of hydrogen-bond donors (Lipinski definition) is 4. The molecule has 2 fully saturated rings. The van der Waals surface area contributed by atoms with E-state index in [1.807, 2.05) is 125 Å². The Morgan fingerprint density at radius 1 is 0.392 bits per heavy atom. The molecule has 7 atom stereocenters. The summed E-state index contributed by atoms with van der Waals surface area (Å²) in [6.45, 7) is 80.6. The fraction of sp³-hybridized carbons (Fsp3) is 0.707. The quantitative estimate of drug-likeness (QED) is 0.00688. The van der Waals surface area contributed by atoms with Crippen LogP contribution >= 0.6 is 143 Å². The summed E-state index contributed by atoms with van der Waals surface area (Å²) in [6.07, 6.45) is 4.24. The number of anilines is 1. The van der Waals surface area contributed by atoms with E-state index < -0.39 is 66.0 Å². The van der Waals surface area contributed by atoms with Crippen LogP contribution in [0.1, 0.15) is 225 Å². The number of carbonyl (C=O) groups excluding carboxylic acids is 7. The number of nitrogens with one attached hydrogen (secondary N) is 2. The summed E-state index contributed by atoms with van der Waals surface area (Å²) in [5.41, 5.74) is 2.25. The highest BCUT2D eigenvalue weighted by Gasteiger charge is 2.35. The lowest BCUT2D eigenvalue weighted by Crippen LogP contribution is -2.41. The van der Waals surface area contributed by atoms with E-state index in [-0.39, 0.29) is 127 Å². The van der Waals surface area contributed by atoms with Crippen molar-refractivity contribution in [1.82, 2.24) is 5.32 Å². The van der Waals surface area contributed by atoms with Crippen LogP contribution in [-0.2, 0) is 145 Å². The maximum absolute atomic E-state index is 11.6. The molecule has 0 spiro atoms. The zero-order chi connectivity index (χ0) is 111. The predicted octanol–water partition coefficient (Wildman–Crippen LogP) is 21.8. The minimum Gasteiger partial charge on any atom is -0.460 e. The molecule has 4 N–H and O–H groups in total. The van der Waals surface area contributed by atoms with E-state index in [1.165, 1.54) is 6.92 Å². The molecule has 0 aromatic heterocycles. The van der Waals surface area contributed by atoms with E-state index in [0.29, 0.717) is 130 Å². The molecular weight excluding hydrogens is 2460 g/mol. The van der Waals surface area contributed by atoms with Gasteiger partial charge < -0.3 is 54.2 Å². The van der Waals surface area contributed by atoms with Gasteiger partial charge in [0.05, 0.1) is 84.9 Å².